The number of benzene rings is 3. The molecule has 0 saturated heterocycles. The monoisotopic (exact) mass is 448 g/mol. The summed E-state index contributed by atoms with van der Waals surface area (Å²) in [6, 6.07) is 20.8. The lowest BCUT2D eigenvalue weighted by atomic mass is 10.00. The van der Waals surface area contributed by atoms with Crippen LogP contribution in [0.15, 0.2) is 69.6 Å². The molecule has 0 aliphatic carbocycles. The van der Waals surface area contributed by atoms with Crippen LogP contribution < -0.4 is 0 Å². The first-order valence-electron chi connectivity index (χ1n) is 6.60. The van der Waals surface area contributed by atoms with E-state index in [1.807, 2.05) is 24.3 Å². The predicted molar refractivity (Wildman–Crippen MR) is 99.6 cm³/mol. The van der Waals surface area contributed by atoms with Gasteiger partial charge in [0.05, 0.1) is 0 Å². The van der Waals surface area contributed by atoms with Gasteiger partial charge in [-0.15, -0.1) is 0 Å². The highest BCUT2D eigenvalue weighted by molar-refractivity contribution is 14.1. The number of hydrogen-bond acceptors (Lipinski definition) is 1. The smallest absolute Gasteiger partial charge is 0.136 e. The lowest BCUT2D eigenvalue weighted by molar-refractivity contribution is 0.669. The molecular weight excluding hydrogens is 439 g/mol. The molecule has 0 radical (unpaired) electrons. The zero-order valence-corrected chi connectivity index (χ0v) is 14.7. The van der Waals surface area contributed by atoms with Crippen molar-refractivity contribution in [2.45, 2.75) is 0 Å². The summed E-state index contributed by atoms with van der Waals surface area (Å²) in [5.74, 6) is 0. The van der Waals surface area contributed by atoms with Gasteiger partial charge in [-0.05, 0) is 64.0 Å². The molecule has 3 aromatic carbocycles. The van der Waals surface area contributed by atoms with Crippen LogP contribution in [0.25, 0.3) is 33.1 Å². The van der Waals surface area contributed by atoms with Crippen molar-refractivity contribution in [3.05, 3.63) is 68.7 Å². The van der Waals surface area contributed by atoms with Crippen molar-refractivity contribution in [2.75, 3.05) is 0 Å². The van der Waals surface area contributed by atoms with Crippen LogP contribution in [0.2, 0.25) is 0 Å². The van der Waals surface area contributed by atoms with Crippen molar-refractivity contribution < 1.29 is 4.42 Å². The standard InChI is InChI=1S/C18H10BrIO/c19-15-6-2-1-4-12(15)13-5-3-7-17-18(13)14-10-11(20)8-9-16(14)21-17/h1-10H. The molecule has 0 fully saturated rings. The topological polar surface area (TPSA) is 13.1 Å². The van der Waals surface area contributed by atoms with Gasteiger partial charge in [0.2, 0.25) is 0 Å². The van der Waals surface area contributed by atoms with E-state index in [-0.39, 0.29) is 0 Å². The largest absolute Gasteiger partial charge is 0.456 e. The van der Waals surface area contributed by atoms with Crippen LogP contribution in [-0.2, 0) is 0 Å². The van der Waals surface area contributed by atoms with Crippen molar-refractivity contribution in [1.29, 1.82) is 0 Å². The molecule has 1 aromatic heterocycles. The Morgan fingerprint density at radius 2 is 1.62 bits per heavy atom. The minimum Gasteiger partial charge on any atom is -0.456 e. The Hall–Kier alpha value is -1.33. The molecule has 1 heterocycles. The van der Waals surface area contributed by atoms with Crippen molar-refractivity contribution in [2.24, 2.45) is 0 Å². The summed E-state index contributed by atoms with van der Waals surface area (Å²) in [5, 5.41) is 2.35. The molecule has 0 aliphatic rings. The molecule has 4 aromatic rings. The molecule has 0 bridgehead atoms. The molecule has 0 aliphatic heterocycles. The molecule has 0 atom stereocenters. The zero-order chi connectivity index (χ0) is 14.4. The predicted octanol–water partition coefficient (Wildman–Crippen LogP) is 6.62. The fourth-order valence-electron chi connectivity index (χ4n) is 2.70. The van der Waals surface area contributed by atoms with Gasteiger partial charge >= 0.3 is 0 Å². The molecule has 3 heteroatoms. The molecule has 1 nitrogen and oxygen atoms in total. The summed E-state index contributed by atoms with van der Waals surface area (Å²) in [5.41, 5.74) is 4.25. The first-order chi connectivity index (χ1) is 10.2. The summed E-state index contributed by atoms with van der Waals surface area (Å²) in [6.07, 6.45) is 0. The van der Waals surface area contributed by atoms with Crippen molar-refractivity contribution in [3.8, 4) is 11.1 Å². The number of hydrogen-bond donors (Lipinski definition) is 0. The Balaban J connectivity index is 2.17. The molecule has 0 unspecified atom stereocenters. The SMILES string of the molecule is Brc1ccccc1-c1cccc2oc3ccc(I)cc3c12. The van der Waals surface area contributed by atoms with E-state index in [4.69, 9.17) is 4.42 Å². The lowest BCUT2D eigenvalue weighted by Crippen LogP contribution is -1.81. The number of furan rings is 1. The van der Waals surface area contributed by atoms with Crippen LogP contribution in [0, 0.1) is 3.57 Å². The number of rotatable bonds is 1. The van der Waals surface area contributed by atoms with Crippen molar-refractivity contribution in [1.82, 2.24) is 0 Å². The highest BCUT2D eigenvalue weighted by Gasteiger charge is 2.13. The van der Waals surface area contributed by atoms with Gasteiger partial charge in [0.1, 0.15) is 11.2 Å². The van der Waals surface area contributed by atoms with E-state index in [2.05, 4.69) is 74.9 Å². The Morgan fingerprint density at radius 1 is 0.810 bits per heavy atom. The van der Waals surface area contributed by atoms with Gasteiger partial charge in [0.15, 0.2) is 0 Å². The van der Waals surface area contributed by atoms with E-state index >= 15 is 0 Å². The molecule has 0 spiro atoms. The fraction of sp³-hybridized carbons (Fsp3) is 0. The summed E-state index contributed by atoms with van der Waals surface area (Å²) in [6.45, 7) is 0. The van der Waals surface area contributed by atoms with Crippen molar-refractivity contribution >= 4 is 60.5 Å². The second kappa shape index (κ2) is 5.14. The Morgan fingerprint density at radius 3 is 2.48 bits per heavy atom. The Kier molecular flexibility index (Phi) is 3.27. The van der Waals surface area contributed by atoms with E-state index < -0.39 is 0 Å². The average Bonchev–Trinajstić information content (AvgIpc) is 2.86. The van der Waals surface area contributed by atoms with Gasteiger partial charge in [-0.25, -0.2) is 0 Å². The van der Waals surface area contributed by atoms with Gasteiger partial charge in [-0.2, -0.15) is 0 Å². The van der Waals surface area contributed by atoms with E-state index in [1.165, 1.54) is 25.5 Å². The van der Waals surface area contributed by atoms with Crippen LogP contribution in [0.5, 0.6) is 0 Å². The third-order valence-electron chi connectivity index (χ3n) is 3.62. The first-order valence-corrected chi connectivity index (χ1v) is 8.47. The number of fused-ring (bicyclic) bond motifs is 3. The second-order valence-electron chi connectivity index (χ2n) is 4.90. The minimum absolute atomic E-state index is 0.931. The van der Waals surface area contributed by atoms with Gasteiger partial charge in [0, 0.05) is 18.8 Å². The molecule has 0 amide bonds. The maximum atomic E-state index is 5.99. The van der Waals surface area contributed by atoms with E-state index in [0.29, 0.717) is 0 Å². The third-order valence-corrected chi connectivity index (χ3v) is 4.98. The Bertz CT molecular complexity index is 971. The summed E-state index contributed by atoms with van der Waals surface area (Å²) < 4.78 is 8.30. The fourth-order valence-corrected chi connectivity index (χ4v) is 3.69. The summed E-state index contributed by atoms with van der Waals surface area (Å²) >= 11 is 5.99. The maximum Gasteiger partial charge on any atom is 0.136 e. The van der Waals surface area contributed by atoms with E-state index in [9.17, 15) is 0 Å². The summed E-state index contributed by atoms with van der Waals surface area (Å²) in [4.78, 5) is 0. The molecule has 0 saturated carbocycles. The van der Waals surface area contributed by atoms with Crippen LogP contribution in [0.3, 0.4) is 0 Å². The van der Waals surface area contributed by atoms with Crippen LogP contribution in [0.1, 0.15) is 0 Å². The van der Waals surface area contributed by atoms with Crippen LogP contribution in [0.4, 0.5) is 0 Å². The molecular formula is C18H10BrIO. The van der Waals surface area contributed by atoms with E-state index in [1.54, 1.807) is 0 Å². The molecule has 0 N–H and O–H groups in total. The third kappa shape index (κ3) is 2.19. The molecule has 21 heavy (non-hydrogen) atoms. The van der Waals surface area contributed by atoms with Gasteiger partial charge in [-0.3, -0.25) is 0 Å². The Labute approximate surface area is 144 Å². The lowest BCUT2D eigenvalue weighted by Gasteiger charge is -2.06. The quantitative estimate of drug-likeness (QED) is 0.298. The summed E-state index contributed by atoms with van der Waals surface area (Å²) in [7, 11) is 0. The first kappa shape index (κ1) is 13.3. The van der Waals surface area contributed by atoms with Crippen molar-refractivity contribution in [3.63, 3.8) is 0 Å². The van der Waals surface area contributed by atoms with Gasteiger partial charge < -0.3 is 4.42 Å². The van der Waals surface area contributed by atoms with Gasteiger partial charge in [-0.1, -0.05) is 46.3 Å². The van der Waals surface area contributed by atoms with Crippen LogP contribution in [-0.4, -0.2) is 0 Å². The van der Waals surface area contributed by atoms with Gasteiger partial charge in [0.25, 0.3) is 0 Å². The van der Waals surface area contributed by atoms with E-state index in [0.717, 1.165) is 15.6 Å². The molecule has 102 valence electrons. The second-order valence-corrected chi connectivity index (χ2v) is 7.00. The zero-order valence-electron chi connectivity index (χ0n) is 10.9. The highest BCUT2D eigenvalue weighted by atomic mass is 127. The highest BCUT2D eigenvalue weighted by Crippen LogP contribution is 2.39. The molecule has 4 rings (SSSR count). The number of halogens is 2. The average molecular weight is 449 g/mol. The maximum absolute atomic E-state index is 5.99. The van der Waals surface area contributed by atoms with Crippen LogP contribution >= 0.6 is 38.5 Å². The normalized spacial score (nSPS) is 11.3. The minimum atomic E-state index is 0.931.